The number of para-hydroxylation sites is 1. The molecule has 1 atom stereocenters. The first-order valence-electron chi connectivity index (χ1n) is 14.8. The third-order valence-corrected chi connectivity index (χ3v) is 8.69. The number of ether oxygens (including phenoxy) is 1. The van der Waals surface area contributed by atoms with Crippen LogP contribution in [0.15, 0.2) is 109 Å². The minimum Gasteiger partial charge on any atom is -0.457 e. The fourth-order valence-electron chi connectivity index (χ4n) is 4.79. The molecule has 0 spiro atoms. The lowest BCUT2D eigenvalue weighted by Gasteiger charge is -2.33. The predicted octanol–water partition coefficient (Wildman–Crippen LogP) is 6.45. The van der Waals surface area contributed by atoms with Crippen molar-refractivity contribution < 1.29 is 22.7 Å². The fraction of sp³-hybridized carbons (Fsp3) is 0.257. The molecule has 0 radical (unpaired) electrons. The molecule has 4 aromatic rings. The van der Waals surface area contributed by atoms with E-state index < -0.39 is 28.5 Å². The number of anilines is 1. The lowest BCUT2D eigenvalue weighted by atomic mass is 10.0. The van der Waals surface area contributed by atoms with Crippen molar-refractivity contribution in [2.45, 2.75) is 38.8 Å². The van der Waals surface area contributed by atoms with Gasteiger partial charge in [0.1, 0.15) is 24.1 Å². The van der Waals surface area contributed by atoms with Crippen molar-refractivity contribution in [1.29, 1.82) is 0 Å². The molecule has 236 valence electrons. The van der Waals surface area contributed by atoms with Crippen LogP contribution < -0.4 is 14.4 Å². The van der Waals surface area contributed by atoms with Crippen molar-refractivity contribution in [3.05, 3.63) is 125 Å². The Morgan fingerprint density at radius 3 is 2.07 bits per heavy atom. The van der Waals surface area contributed by atoms with Gasteiger partial charge in [0.2, 0.25) is 21.8 Å². The van der Waals surface area contributed by atoms with Gasteiger partial charge in [-0.2, -0.15) is 0 Å². The van der Waals surface area contributed by atoms with Crippen LogP contribution in [0, 0.1) is 0 Å². The maximum absolute atomic E-state index is 14.2. The molecule has 0 heterocycles. The van der Waals surface area contributed by atoms with Crippen LogP contribution in [-0.2, 0) is 32.6 Å². The molecule has 45 heavy (non-hydrogen) atoms. The third-order valence-electron chi connectivity index (χ3n) is 7.18. The van der Waals surface area contributed by atoms with E-state index >= 15 is 0 Å². The SMILES string of the molecule is CCCCNC(=O)[C@@H](Cc1ccccc1)N(Cc1ccccc1Cl)C(=O)CN(c1ccc(Oc2ccccc2)cc1)S(C)(=O)=O. The van der Waals surface area contributed by atoms with E-state index in [1.807, 2.05) is 67.6 Å². The lowest BCUT2D eigenvalue weighted by Crippen LogP contribution is -2.53. The van der Waals surface area contributed by atoms with E-state index in [1.54, 1.807) is 48.5 Å². The van der Waals surface area contributed by atoms with Crippen LogP contribution in [0.3, 0.4) is 0 Å². The summed E-state index contributed by atoms with van der Waals surface area (Å²) in [7, 11) is -3.90. The van der Waals surface area contributed by atoms with Gasteiger partial charge < -0.3 is 15.0 Å². The van der Waals surface area contributed by atoms with Gasteiger partial charge in [-0.1, -0.05) is 91.7 Å². The van der Waals surface area contributed by atoms with Crippen molar-refractivity contribution in [2.75, 3.05) is 23.7 Å². The second-order valence-corrected chi connectivity index (χ2v) is 13.0. The molecule has 4 aromatic carbocycles. The minimum atomic E-state index is -3.90. The molecule has 8 nitrogen and oxygen atoms in total. The van der Waals surface area contributed by atoms with E-state index in [2.05, 4.69) is 5.32 Å². The number of sulfonamides is 1. The standard InChI is InChI=1S/C35H38ClN3O5S/c1-3-4-23-37-35(41)33(24-27-13-7-5-8-14-27)38(25-28-15-11-12-18-32(28)36)34(40)26-39(45(2,42)43)29-19-21-31(22-20-29)44-30-16-9-6-10-17-30/h5-22,33H,3-4,23-26H2,1-2H3,(H,37,41)/t33-/m1/s1. The molecular formula is C35H38ClN3O5S. The highest BCUT2D eigenvalue weighted by atomic mass is 35.5. The van der Waals surface area contributed by atoms with Crippen LogP contribution in [0.1, 0.15) is 30.9 Å². The number of carbonyl (C=O) groups excluding carboxylic acids is 2. The highest BCUT2D eigenvalue weighted by molar-refractivity contribution is 7.92. The molecule has 0 fully saturated rings. The average Bonchev–Trinajstić information content (AvgIpc) is 3.03. The first kappa shape index (κ1) is 33.6. The van der Waals surface area contributed by atoms with Crippen molar-refractivity contribution in [3.8, 4) is 11.5 Å². The summed E-state index contributed by atoms with van der Waals surface area (Å²) in [5, 5.41) is 3.41. The number of hydrogen-bond acceptors (Lipinski definition) is 5. The van der Waals surface area contributed by atoms with Gasteiger partial charge in [-0.3, -0.25) is 13.9 Å². The molecule has 0 aromatic heterocycles. The van der Waals surface area contributed by atoms with E-state index in [4.69, 9.17) is 16.3 Å². The highest BCUT2D eigenvalue weighted by Gasteiger charge is 2.33. The fourth-order valence-corrected chi connectivity index (χ4v) is 5.83. The van der Waals surface area contributed by atoms with Crippen LogP contribution in [0.25, 0.3) is 0 Å². The summed E-state index contributed by atoms with van der Waals surface area (Å²) in [5.41, 5.74) is 1.79. The van der Waals surface area contributed by atoms with Gasteiger partial charge >= 0.3 is 0 Å². The molecule has 0 unspecified atom stereocenters. The Morgan fingerprint density at radius 1 is 0.844 bits per heavy atom. The molecule has 0 aliphatic rings. The van der Waals surface area contributed by atoms with Crippen LogP contribution >= 0.6 is 11.6 Å². The van der Waals surface area contributed by atoms with E-state index in [0.717, 1.165) is 29.0 Å². The maximum atomic E-state index is 14.2. The van der Waals surface area contributed by atoms with Crippen molar-refractivity contribution in [2.24, 2.45) is 0 Å². The largest absolute Gasteiger partial charge is 0.457 e. The van der Waals surface area contributed by atoms with Gasteiger partial charge in [0.05, 0.1) is 11.9 Å². The number of halogens is 1. The number of carbonyl (C=O) groups is 2. The lowest BCUT2D eigenvalue weighted by molar-refractivity contribution is -0.140. The average molecular weight is 648 g/mol. The van der Waals surface area contributed by atoms with Gasteiger partial charge in [0, 0.05) is 24.5 Å². The molecule has 0 aliphatic heterocycles. The highest BCUT2D eigenvalue weighted by Crippen LogP contribution is 2.27. The zero-order chi connectivity index (χ0) is 32.2. The zero-order valence-electron chi connectivity index (χ0n) is 25.4. The smallest absolute Gasteiger partial charge is 0.244 e. The van der Waals surface area contributed by atoms with Crippen LogP contribution in [0.5, 0.6) is 11.5 Å². The molecule has 0 saturated carbocycles. The number of nitrogens with zero attached hydrogens (tertiary/aromatic N) is 2. The number of amides is 2. The minimum absolute atomic E-state index is 0.0126. The van der Waals surface area contributed by atoms with Gasteiger partial charge in [-0.15, -0.1) is 0 Å². The first-order valence-corrected chi connectivity index (χ1v) is 17.0. The number of nitrogens with one attached hydrogen (secondary N) is 1. The predicted molar refractivity (Wildman–Crippen MR) is 179 cm³/mol. The van der Waals surface area contributed by atoms with Crippen LogP contribution in [-0.4, -0.2) is 50.5 Å². The molecule has 1 N–H and O–H groups in total. The first-order chi connectivity index (χ1) is 21.7. The molecule has 2 amide bonds. The summed E-state index contributed by atoms with van der Waals surface area (Å²) in [6.45, 7) is 1.98. The summed E-state index contributed by atoms with van der Waals surface area (Å²) in [6.07, 6.45) is 2.96. The van der Waals surface area contributed by atoms with Gasteiger partial charge in [-0.25, -0.2) is 8.42 Å². The van der Waals surface area contributed by atoms with Crippen molar-refractivity contribution in [3.63, 3.8) is 0 Å². The molecule has 0 bridgehead atoms. The number of hydrogen-bond donors (Lipinski definition) is 1. The molecule has 0 aliphatic carbocycles. The topological polar surface area (TPSA) is 96.0 Å². The van der Waals surface area contributed by atoms with Gasteiger partial charge in [0.25, 0.3) is 0 Å². The van der Waals surface area contributed by atoms with Crippen molar-refractivity contribution in [1.82, 2.24) is 10.2 Å². The summed E-state index contributed by atoms with van der Waals surface area (Å²) in [5.74, 6) is 0.284. The number of benzene rings is 4. The molecule has 4 rings (SSSR count). The summed E-state index contributed by atoms with van der Waals surface area (Å²) in [4.78, 5) is 29.4. The van der Waals surface area contributed by atoms with Crippen molar-refractivity contribution >= 4 is 39.1 Å². The van der Waals surface area contributed by atoms with E-state index in [0.29, 0.717) is 28.6 Å². The Morgan fingerprint density at radius 2 is 1.44 bits per heavy atom. The Labute approximate surface area is 270 Å². The molecular weight excluding hydrogens is 610 g/mol. The Bertz CT molecular complexity index is 1650. The molecule has 0 saturated heterocycles. The normalized spacial score (nSPS) is 11.8. The van der Waals surface area contributed by atoms with E-state index in [-0.39, 0.29) is 24.6 Å². The zero-order valence-corrected chi connectivity index (χ0v) is 27.0. The Kier molecular flexibility index (Phi) is 12.0. The van der Waals surface area contributed by atoms with Crippen LogP contribution in [0.4, 0.5) is 5.69 Å². The third kappa shape index (κ3) is 9.83. The second kappa shape index (κ2) is 16.1. The molecule has 10 heteroatoms. The number of unbranched alkanes of at least 4 members (excludes halogenated alkanes) is 1. The Hall–Kier alpha value is -4.34. The summed E-state index contributed by atoms with van der Waals surface area (Å²) in [6, 6.07) is 31.3. The Balaban J connectivity index is 1.67. The van der Waals surface area contributed by atoms with Gasteiger partial charge in [0.15, 0.2) is 0 Å². The summed E-state index contributed by atoms with van der Waals surface area (Å²) < 4.78 is 33.0. The second-order valence-electron chi connectivity index (χ2n) is 10.6. The van der Waals surface area contributed by atoms with E-state index in [9.17, 15) is 18.0 Å². The number of rotatable bonds is 15. The quantitative estimate of drug-likeness (QED) is 0.150. The monoisotopic (exact) mass is 647 g/mol. The van der Waals surface area contributed by atoms with E-state index in [1.165, 1.54) is 4.90 Å². The van der Waals surface area contributed by atoms with Gasteiger partial charge in [-0.05, 0) is 60.0 Å². The van der Waals surface area contributed by atoms with Crippen LogP contribution in [0.2, 0.25) is 5.02 Å². The summed E-state index contributed by atoms with van der Waals surface area (Å²) >= 11 is 6.51. The maximum Gasteiger partial charge on any atom is 0.244 e.